The van der Waals surface area contributed by atoms with E-state index in [9.17, 15) is 9.59 Å². The zero-order chi connectivity index (χ0) is 18.2. The van der Waals surface area contributed by atoms with Crippen LogP contribution in [-0.2, 0) is 16.1 Å². The normalized spacial score (nSPS) is 10.0. The highest BCUT2D eigenvalue weighted by atomic mass is 16.5. The van der Waals surface area contributed by atoms with E-state index in [0.29, 0.717) is 17.2 Å². The Morgan fingerprint density at radius 3 is 2.68 bits per heavy atom. The molecule has 0 fully saturated rings. The van der Waals surface area contributed by atoms with E-state index in [1.165, 1.54) is 20.4 Å². The highest BCUT2D eigenvalue weighted by Gasteiger charge is 2.12. The SMILES string of the molecule is CCOC(=O)Nc1cnn(CC(=O)Nc2cc(OC)ccc2OC)n1. The van der Waals surface area contributed by atoms with Gasteiger partial charge in [0.05, 0.1) is 32.7 Å². The molecule has 10 heteroatoms. The first kappa shape index (κ1) is 18.0. The monoisotopic (exact) mass is 349 g/mol. The fourth-order valence-electron chi connectivity index (χ4n) is 1.93. The Labute approximate surface area is 144 Å². The Bertz CT molecular complexity index is 746. The molecular formula is C15H19N5O5. The molecule has 0 spiro atoms. The molecule has 0 radical (unpaired) electrons. The number of ether oxygens (including phenoxy) is 3. The van der Waals surface area contributed by atoms with Gasteiger partial charge in [-0.15, -0.1) is 5.10 Å². The Hall–Kier alpha value is -3.30. The van der Waals surface area contributed by atoms with Crippen molar-refractivity contribution >= 4 is 23.5 Å². The van der Waals surface area contributed by atoms with Gasteiger partial charge < -0.3 is 19.5 Å². The standard InChI is InChI=1S/C15H19N5O5/c1-4-25-15(22)18-13-8-16-20(19-13)9-14(21)17-11-7-10(23-2)5-6-12(11)24-3/h5-8H,4,9H2,1-3H3,(H,17,21)(H,18,19,22). The molecule has 134 valence electrons. The number of hydrogen-bond acceptors (Lipinski definition) is 7. The largest absolute Gasteiger partial charge is 0.497 e. The molecule has 0 bridgehead atoms. The third kappa shape index (κ3) is 5.09. The summed E-state index contributed by atoms with van der Waals surface area (Å²) in [7, 11) is 3.03. The molecule has 0 saturated heterocycles. The van der Waals surface area contributed by atoms with Crippen molar-refractivity contribution in [3.63, 3.8) is 0 Å². The lowest BCUT2D eigenvalue weighted by molar-refractivity contribution is -0.117. The molecule has 2 N–H and O–H groups in total. The van der Waals surface area contributed by atoms with Gasteiger partial charge in [-0.3, -0.25) is 10.1 Å². The van der Waals surface area contributed by atoms with Crippen LogP contribution in [0.3, 0.4) is 0 Å². The second kappa shape index (κ2) is 8.52. The van der Waals surface area contributed by atoms with Gasteiger partial charge in [0.1, 0.15) is 18.0 Å². The predicted molar refractivity (Wildman–Crippen MR) is 88.8 cm³/mol. The lowest BCUT2D eigenvalue weighted by atomic mass is 10.2. The Balaban J connectivity index is 1.99. The quantitative estimate of drug-likeness (QED) is 0.778. The number of rotatable bonds is 7. The van der Waals surface area contributed by atoms with E-state index < -0.39 is 6.09 Å². The average molecular weight is 349 g/mol. The van der Waals surface area contributed by atoms with Crippen molar-refractivity contribution in [2.45, 2.75) is 13.5 Å². The van der Waals surface area contributed by atoms with Crippen LogP contribution in [0.15, 0.2) is 24.4 Å². The number of benzene rings is 1. The van der Waals surface area contributed by atoms with Crippen LogP contribution >= 0.6 is 0 Å². The summed E-state index contributed by atoms with van der Waals surface area (Å²) in [6, 6.07) is 5.04. The van der Waals surface area contributed by atoms with Crippen molar-refractivity contribution < 1.29 is 23.8 Å². The Kier molecular flexibility index (Phi) is 6.15. The lowest BCUT2D eigenvalue weighted by Gasteiger charge is -2.11. The van der Waals surface area contributed by atoms with Crippen molar-refractivity contribution in [1.29, 1.82) is 0 Å². The predicted octanol–water partition coefficient (Wildman–Crippen LogP) is 1.50. The minimum Gasteiger partial charge on any atom is -0.497 e. The average Bonchev–Trinajstić information content (AvgIpc) is 3.01. The minimum absolute atomic E-state index is 0.148. The number of aromatic nitrogens is 3. The van der Waals surface area contributed by atoms with Gasteiger partial charge in [0.2, 0.25) is 5.91 Å². The van der Waals surface area contributed by atoms with Crippen LogP contribution in [0, 0.1) is 0 Å². The van der Waals surface area contributed by atoms with Crippen LogP contribution in [-0.4, -0.2) is 47.8 Å². The number of nitrogens with zero attached hydrogens (tertiary/aromatic N) is 3. The second-order valence-corrected chi connectivity index (χ2v) is 4.72. The molecule has 0 aliphatic heterocycles. The third-order valence-corrected chi connectivity index (χ3v) is 3.01. The topological polar surface area (TPSA) is 117 Å². The number of carbonyl (C=O) groups excluding carboxylic acids is 2. The van der Waals surface area contributed by atoms with Crippen molar-refractivity contribution in [2.24, 2.45) is 0 Å². The number of amides is 2. The number of hydrogen-bond donors (Lipinski definition) is 2. The number of carbonyl (C=O) groups is 2. The number of methoxy groups -OCH3 is 2. The van der Waals surface area contributed by atoms with E-state index in [0.717, 1.165) is 4.80 Å². The Morgan fingerprint density at radius 2 is 2.00 bits per heavy atom. The molecule has 0 atom stereocenters. The molecule has 0 aliphatic rings. The first-order valence-electron chi connectivity index (χ1n) is 7.41. The van der Waals surface area contributed by atoms with Gasteiger partial charge in [-0.1, -0.05) is 0 Å². The van der Waals surface area contributed by atoms with E-state index in [4.69, 9.17) is 14.2 Å². The van der Waals surface area contributed by atoms with Crippen LogP contribution in [0.25, 0.3) is 0 Å². The van der Waals surface area contributed by atoms with Crippen LogP contribution in [0.4, 0.5) is 16.3 Å². The van der Waals surface area contributed by atoms with Crippen LogP contribution in [0.5, 0.6) is 11.5 Å². The summed E-state index contributed by atoms with van der Waals surface area (Å²) in [5, 5.41) is 13.0. The first-order chi connectivity index (χ1) is 12.0. The van der Waals surface area contributed by atoms with Crippen molar-refractivity contribution in [1.82, 2.24) is 15.0 Å². The van der Waals surface area contributed by atoms with Gasteiger partial charge in [0, 0.05) is 6.07 Å². The molecule has 2 rings (SSSR count). The van der Waals surface area contributed by atoms with E-state index in [2.05, 4.69) is 20.8 Å². The van der Waals surface area contributed by atoms with E-state index >= 15 is 0 Å². The van der Waals surface area contributed by atoms with E-state index in [1.807, 2.05) is 0 Å². The molecule has 2 aromatic rings. The van der Waals surface area contributed by atoms with Crippen LogP contribution in [0.2, 0.25) is 0 Å². The van der Waals surface area contributed by atoms with E-state index in [1.54, 1.807) is 25.1 Å². The zero-order valence-electron chi connectivity index (χ0n) is 14.1. The smallest absolute Gasteiger partial charge is 0.412 e. The summed E-state index contributed by atoms with van der Waals surface area (Å²) in [6.07, 6.45) is 0.677. The zero-order valence-corrected chi connectivity index (χ0v) is 14.1. The molecule has 2 amide bonds. The van der Waals surface area contributed by atoms with Gasteiger partial charge in [-0.05, 0) is 19.1 Å². The maximum atomic E-state index is 12.2. The summed E-state index contributed by atoms with van der Waals surface area (Å²) in [6.45, 7) is 1.78. The first-order valence-corrected chi connectivity index (χ1v) is 7.41. The summed E-state index contributed by atoms with van der Waals surface area (Å²) >= 11 is 0. The molecule has 0 saturated carbocycles. The summed E-state index contributed by atoms with van der Waals surface area (Å²) in [5.41, 5.74) is 0.462. The maximum Gasteiger partial charge on any atom is 0.412 e. The minimum atomic E-state index is -0.639. The highest BCUT2D eigenvalue weighted by Crippen LogP contribution is 2.28. The molecule has 25 heavy (non-hydrogen) atoms. The molecule has 1 aromatic carbocycles. The molecule has 10 nitrogen and oxygen atoms in total. The van der Waals surface area contributed by atoms with Crippen molar-refractivity contribution in [2.75, 3.05) is 31.5 Å². The van der Waals surface area contributed by atoms with Crippen molar-refractivity contribution in [3.8, 4) is 11.5 Å². The Morgan fingerprint density at radius 1 is 1.20 bits per heavy atom. The van der Waals surface area contributed by atoms with E-state index in [-0.39, 0.29) is 24.9 Å². The third-order valence-electron chi connectivity index (χ3n) is 3.01. The highest BCUT2D eigenvalue weighted by molar-refractivity contribution is 5.92. The van der Waals surface area contributed by atoms with Crippen LogP contribution in [0.1, 0.15) is 6.92 Å². The lowest BCUT2D eigenvalue weighted by Crippen LogP contribution is -2.21. The summed E-state index contributed by atoms with van der Waals surface area (Å²) in [5.74, 6) is 0.886. The molecule has 0 aliphatic carbocycles. The fraction of sp³-hybridized carbons (Fsp3) is 0.333. The van der Waals surface area contributed by atoms with Gasteiger partial charge in [0.15, 0.2) is 5.82 Å². The summed E-state index contributed by atoms with van der Waals surface area (Å²) < 4.78 is 15.1. The van der Waals surface area contributed by atoms with Gasteiger partial charge in [-0.2, -0.15) is 9.90 Å². The fourth-order valence-corrected chi connectivity index (χ4v) is 1.93. The summed E-state index contributed by atoms with van der Waals surface area (Å²) in [4.78, 5) is 24.6. The second-order valence-electron chi connectivity index (χ2n) is 4.72. The molecule has 1 heterocycles. The number of anilines is 2. The maximum absolute atomic E-state index is 12.2. The van der Waals surface area contributed by atoms with Crippen molar-refractivity contribution in [3.05, 3.63) is 24.4 Å². The van der Waals surface area contributed by atoms with Gasteiger partial charge in [0.25, 0.3) is 0 Å². The number of nitrogens with one attached hydrogen (secondary N) is 2. The molecular weight excluding hydrogens is 330 g/mol. The van der Waals surface area contributed by atoms with Gasteiger partial charge >= 0.3 is 6.09 Å². The van der Waals surface area contributed by atoms with Gasteiger partial charge in [-0.25, -0.2) is 4.79 Å². The molecule has 1 aromatic heterocycles. The molecule has 0 unspecified atom stereocenters. The van der Waals surface area contributed by atoms with Crippen LogP contribution < -0.4 is 20.1 Å².